The third-order valence-corrected chi connectivity index (χ3v) is 3.40. The van der Waals surface area contributed by atoms with E-state index in [9.17, 15) is 15.0 Å². The predicted molar refractivity (Wildman–Crippen MR) is 68.5 cm³/mol. The lowest BCUT2D eigenvalue weighted by atomic mass is 10.1. The van der Waals surface area contributed by atoms with Crippen molar-refractivity contribution in [3.05, 3.63) is 29.8 Å². The second-order valence-electron chi connectivity index (χ2n) is 4.84. The zero-order chi connectivity index (χ0) is 13.0. The van der Waals surface area contributed by atoms with Gasteiger partial charge in [-0.25, -0.2) is 0 Å². The monoisotopic (exact) mass is 249 g/mol. The van der Waals surface area contributed by atoms with Gasteiger partial charge < -0.3 is 15.5 Å². The number of benzene rings is 1. The van der Waals surface area contributed by atoms with Crippen LogP contribution in [-0.4, -0.2) is 28.3 Å². The standard InChI is InChI=1S/C14H19NO3/c16-11-6-4-5-10(9-11)14(18)15-12-7-2-1-3-8-13(12)17/h4-6,9,12-13,16-17H,1-3,7-8H2,(H,15,18). The van der Waals surface area contributed by atoms with Crippen LogP contribution >= 0.6 is 0 Å². The zero-order valence-corrected chi connectivity index (χ0v) is 10.3. The molecule has 1 aromatic carbocycles. The van der Waals surface area contributed by atoms with Crippen molar-refractivity contribution in [3.8, 4) is 5.75 Å². The number of rotatable bonds is 2. The van der Waals surface area contributed by atoms with Crippen LogP contribution in [0.4, 0.5) is 0 Å². The van der Waals surface area contributed by atoms with Gasteiger partial charge in [0.25, 0.3) is 5.91 Å². The fourth-order valence-corrected chi connectivity index (χ4v) is 2.36. The molecule has 18 heavy (non-hydrogen) atoms. The summed E-state index contributed by atoms with van der Waals surface area (Å²) in [7, 11) is 0. The van der Waals surface area contributed by atoms with E-state index in [-0.39, 0.29) is 17.7 Å². The molecular formula is C14H19NO3. The number of amides is 1. The summed E-state index contributed by atoms with van der Waals surface area (Å²) in [5, 5.41) is 22.1. The van der Waals surface area contributed by atoms with E-state index in [0.717, 1.165) is 32.1 Å². The summed E-state index contributed by atoms with van der Waals surface area (Å²) in [5.74, 6) is -0.166. The van der Waals surface area contributed by atoms with Crippen molar-refractivity contribution >= 4 is 5.91 Å². The van der Waals surface area contributed by atoms with Crippen molar-refractivity contribution in [3.63, 3.8) is 0 Å². The molecule has 0 bridgehead atoms. The predicted octanol–water partition coefficient (Wildman–Crippen LogP) is 1.82. The van der Waals surface area contributed by atoms with Gasteiger partial charge in [-0.1, -0.05) is 25.3 Å². The molecule has 4 nitrogen and oxygen atoms in total. The Morgan fingerprint density at radius 1 is 1.22 bits per heavy atom. The number of hydrogen-bond acceptors (Lipinski definition) is 3. The number of hydrogen-bond donors (Lipinski definition) is 3. The van der Waals surface area contributed by atoms with Crippen molar-refractivity contribution in [2.45, 2.75) is 44.2 Å². The van der Waals surface area contributed by atoms with Crippen LogP contribution in [0.2, 0.25) is 0 Å². The maximum atomic E-state index is 12.0. The van der Waals surface area contributed by atoms with Gasteiger partial charge in [-0.05, 0) is 31.0 Å². The molecule has 98 valence electrons. The molecule has 4 heteroatoms. The minimum Gasteiger partial charge on any atom is -0.508 e. The normalized spacial score (nSPS) is 24.3. The molecule has 0 saturated heterocycles. The quantitative estimate of drug-likeness (QED) is 0.700. The van der Waals surface area contributed by atoms with Crippen molar-refractivity contribution in [1.29, 1.82) is 0 Å². The summed E-state index contributed by atoms with van der Waals surface area (Å²) in [4.78, 5) is 12.0. The molecule has 0 radical (unpaired) electrons. The van der Waals surface area contributed by atoms with Gasteiger partial charge in [0.15, 0.2) is 0 Å². The second kappa shape index (κ2) is 5.87. The lowest BCUT2D eigenvalue weighted by Gasteiger charge is -2.21. The molecule has 3 N–H and O–H groups in total. The van der Waals surface area contributed by atoms with Crippen molar-refractivity contribution in [2.75, 3.05) is 0 Å². The van der Waals surface area contributed by atoms with Gasteiger partial charge in [0.1, 0.15) is 5.75 Å². The summed E-state index contributed by atoms with van der Waals surface area (Å²) in [6, 6.07) is 6.06. The number of phenolic OH excluding ortho intramolecular Hbond substituents is 1. The number of aliphatic hydroxyl groups excluding tert-OH is 1. The first-order valence-electron chi connectivity index (χ1n) is 6.45. The summed E-state index contributed by atoms with van der Waals surface area (Å²) >= 11 is 0. The molecule has 1 amide bonds. The summed E-state index contributed by atoms with van der Waals surface area (Å²) in [6.07, 6.45) is 4.24. The van der Waals surface area contributed by atoms with Crippen molar-refractivity contribution < 1.29 is 15.0 Å². The summed E-state index contributed by atoms with van der Waals surface area (Å²) < 4.78 is 0. The minimum atomic E-state index is -0.464. The number of nitrogens with one attached hydrogen (secondary N) is 1. The SMILES string of the molecule is O=C(NC1CCCCCC1O)c1cccc(O)c1. The molecule has 0 heterocycles. The molecule has 1 saturated carbocycles. The number of aliphatic hydroxyl groups is 1. The Bertz CT molecular complexity index is 419. The van der Waals surface area contributed by atoms with Crippen LogP contribution < -0.4 is 5.32 Å². The molecule has 2 unspecified atom stereocenters. The molecule has 1 aliphatic carbocycles. The Morgan fingerprint density at radius 2 is 2.00 bits per heavy atom. The lowest BCUT2D eigenvalue weighted by molar-refractivity contribution is 0.0818. The first-order chi connectivity index (χ1) is 8.66. The smallest absolute Gasteiger partial charge is 0.251 e. The lowest BCUT2D eigenvalue weighted by Crippen LogP contribution is -2.42. The van der Waals surface area contributed by atoms with Crippen LogP contribution in [0, 0.1) is 0 Å². The van der Waals surface area contributed by atoms with Gasteiger partial charge in [0, 0.05) is 5.56 Å². The summed E-state index contributed by atoms with van der Waals surface area (Å²) in [5.41, 5.74) is 0.423. The Morgan fingerprint density at radius 3 is 2.78 bits per heavy atom. The fourth-order valence-electron chi connectivity index (χ4n) is 2.36. The molecule has 2 atom stereocenters. The largest absolute Gasteiger partial charge is 0.508 e. The van der Waals surface area contributed by atoms with E-state index < -0.39 is 6.10 Å². The van der Waals surface area contributed by atoms with E-state index in [1.165, 1.54) is 12.1 Å². The molecule has 0 aliphatic heterocycles. The van der Waals surface area contributed by atoms with E-state index in [4.69, 9.17) is 0 Å². The second-order valence-corrected chi connectivity index (χ2v) is 4.84. The van der Waals surface area contributed by atoms with E-state index in [0.29, 0.717) is 5.56 Å². The Balaban J connectivity index is 2.01. The number of carbonyl (C=O) groups excluding carboxylic acids is 1. The number of carbonyl (C=O) groups is 1. The van der Waals surface area contributed by atoms with Crippen molar-refractivity contribution in [1.82, 2.24) is 5.32 Å². The highest BCUT2D eigenvalue weighted by Crippen LogP contribution is 2.19. The first-order valence-corrected chi connectivity index (χ1v) is 6.45. The highest BCUT2D eigenvalue weighted by molar-refractivity contribution is 5.94. The Labute approximate surface area is 107 Å². The van der Waals surface area contributed by atoms with Crippen LogP contribution in [0.25, 0.3) is 0 Å². The topological polar surface area (TPSA) is 69.6 Å². The van der Waals surface area contributed by atoms with Gasteiger partial charge in [-0.2, -0.15) is 0 Å². The first kappa shape index (κ1) is 12.9. The molecule has 2 rings (SSSR count). The van der Waals surface area contributed by atoms with E-state index in [1.54, 1.807) is 12.1 Å². The maximum Gasteiger partial charge on any atom is 0.251 e. The number of phenols is 1. The summed E-state index contributed by atoms with van der Waals surface area (Å²) in [6.45, 7) is 0. The third kappa shape index (κ3) is 3.23. The molecule has 1 fully saturated rings. The fraction of sp³-hybridized carbons (Fsp3) is 0.500. The van der Waals surface area contributed by atoms with E-state index >= 15 is 0 Å². The molecule has 1 aliphatic rings. The van der Waals surface area contributed by atoms with Gasteiger partial charge in [-0.15, -0.1) is 0 Å². The average Bonchev–Trinajstić information content (AvgIpc) is 2.55. The van der Waals surface area contributed by atoms with E-state index in [1.807, 2.05) is 0 Å². The van der Waals surface area contributed by atoms with Crippen LogP contribution in [0.5, 0.6) is 5.75 Å². The van der Waals surface area contributed by atoms with Crippen molar-refractivity contribution in [2.24, 2.45) is 0 Å². The van der Waals surface area contributed by atoms with Crippen LogP contribution in [0.1, 0.15) is 42.5 Å². The molecule has 1 aromatic rings. The Kier molecular flexibility index (Phi) is 4.20. The molecule has 0 spiro atoms. The zero-order valence-electron chi connectivity index (χ0n) is 10.3. The third-order valence-electron chi connectivity index (χ3n) is 3.40. The highest BCUT2D eigenvalue weighted by atomic mass is 16.3. The van der Waals surface area contributed by atoms with E-state index in [2.05, 4.69) is 5.32 Å². The van der Waals surface area contributed by atoms with Gasteiger partial charge >= 0.3 is 0 Å². The molecular weight excluding hydrogens is 230 g/mol. The Hall–Kier alpha value is -1.55. The number of aromatic hydroxyl groups is 1. The van der Waals surface area contributed by atoms with Crippen LogP contribution in [-0.2, 0) is 0 Å². The average molecular weight is 249 g/mol. The van der Waals surface area contributed by atoms with Crippen LogP contribution in [0.3, 0.4) is 0 Å². The van der Waals surface area contributed by atoms with Gasteiger partial charge in [-0.3, -0.25) is 4.79 Å². The van der Waals surface area contributed by atoms with Gasteiger partial charge in [0.2, 0.25) is 0 Å². The van der Waals surface area contributed by atoms with Gasteiger partial charge in [0.05, 0.1) is 12.1 Å². The minimum absolute atomic E-state index is 0.0732. The van der Waals surface area contributed by atoms with Crippen LogP contribution in [0.15, 0.2) is 24.3 Å². The highest BCUT2D eigenvalue weighted by Gasteiger charge is 2.23. The molecule has 0 aromatic heterocycles. The maximum absolute atomic E-state index is 12.0.